The Morgan fingerprint density at radius 3 is 2.50 bits per heavy atom. The topological polar surface area (TPSA) is 61.4 Å². The molecule has 0 amide bonds. The fraction of sp³-hybridized carbons (Fsp3) is 0.571. The zero-order valence-electron chi connectivity index (χ0n) is 12.7. The summed E-state index contributed by atoms with van der Waals surface area (Å²) in [5, 5.41) is 3.20. The molecule has 1 aromatic rings. The van der Waals surface area contributed by atoms with Gasteiger partial charge in [0.05, 0.1) is 5.69 Å². The zero-order chi connectivity index (χ0) is 15.2. The van der Waals surface area contributed by atoms with Crippen LogP contribution in [0, 0.1) is 0 Å². The van der Waals surface area contributed by atoms with E-state index >= 15 is 0 Å². The van der Waals surface area contributed by atoms with Crippen molar-refractivity contribution in [1.82, 2.24) is 9.62 Å². The molecule has 0 unspecified atom stereocenters. The Morgan fingerprint density at radius 2 is 1.90 bits per heavy atom. The van der Waals surface area contributed by atoms with E-state index in [2.05, 4.69) is 28.8 Å². The smallest absolute Gasteiger partial charge is 0.242 e. The Labute approximate surface area is 122 Å². The third kappa shape index (κ3) is 4.77. The van der Waals surface area contributed by atoms with Crippen LogP contribution in [0.15, 0.2) is 29.2 Å². The molecule has 0 aliphatic carbocycles. The molecule has 0 saturated heterocycles. The van der Waals surface area contributed by atoms with Crippen molar-refractivity contribution < 1.29 is 8.42 Å². The Morgan fingerprint density at radius 1 is 1.25 bits per heavy atom. The van der Waals surface area contributed by atoms with Gasteiger partial charge in [-0.25, -0.2) is 13.1 Å². The summed E-state index contributed by atoms with van der Waals surface area (Å²) in [7, 11) is -1.38. The molecule has 0 atom stereocenters. The van der Waals surface area contributed by atoms with Crippen molar-refractivity contribution in [1.29, 1.82) is 0 Å². The summed E-state index contributed by atoms with van der Waals surface area (Å²) in [5.74, 6) is 0. The van der Waals surface area contributed by atoms with Crippen LogP contribution in [0.1, 0.15) is 20.8 Å². The second-order valence-electron chi connectivity index (χ2n) is 5.00. The number of likely N-dealkylation sites (N-methyl/N-ethyl adjacent to an activating group) is 1. The maximum atomic E-state index is 12.1. The molecule has 0 spiro atoms. The Kier molecular flexibility index (Phi) is 6.45. The molecular weight excluding hydrogens is 274 g/mol. The fourth-order valence-corrected chi connectivity index (χ4v) is 2.96. The molecule has 5 nitrogen and oxygen atoms in total. The van der Waals surface area contributed by atoms with Crippen molar-refractivity contribution in [2.24, 2.45) is 0 Å². The maximum Gasteiger partial charge on any atom is 0.242 e. The molecule has 2 N–H and O–H groups in total. The first-order chi connectivity index (χ1) is 9.38. The first-order valence-corrected chi connectivity index (χ1v) is 8.39. The summed E-state index contributed by atoms with van der Waals surface area (Å²) in [6, 6.07) is 7.44. The van der Waals surface area contributed by atoms with Gasteiger partial charge in [0.25, 0.3) is 0 Å². The fourth-order valence-electron chi connectivity index (χ4n) is 1.74. The standard InChI is InChI=1S/C14H25N3O2S/c1-5-16-20(18,19)14-9-7-6-8-13(14)15-10-11-17(4)12(2)3/h6-9,12,15-16H,5,10-11H2,1-4H3. The molecule has 1 aromatic carbocycles. The lowest BCUT2D eigenvalue weighted by Gasteiger charge is -2.21. The van der Waals surface area contributed by atoms with Gasteiger partial charge in [0.15, 0.2) is 0 Å². The van der Waals surface area contributed by atoms with Gasteiger partial charge in [-0.3, -0.25) is 0 Å². The summed E-state index contributed by atoms with van der Waals surface area (Å²) in [6.07, 6.45) is 0. The van der Waals surface area contributed by atoms with E-state index in [1.807, 2.05) is 13.1 Å². The molecule has 0 heterocycles. The zero-order valence-corrected chi connectivity index (χ0v) is 13.5. The van der Waals surface area contributed by atoms with E-state index in [1.54, 1.807) is 25.1 Å². The molecule has 0 aliphatic rings. The van der Waals surface area contributed by atoms with E-state index < -0.39 is 10.0 Å². The van der Waals surface area contributed by atoms with Crippen molar-refractivity contribution in [3.63, 3.8) is 0 Å². The van der Waals surface area contributed by atoms with Gasteiger partial charge in [-0.2, -0.15) is 0 Å². The average molecular weight is 299 g/mol. The Bertz CT molecular complexity index is 515. The van der Waals surface area contributed by atoms with Crippen molar-refractivity contribution in [2.45, 2.75) is 31.7 Å². The SMILES string of the molecule is CCNS(=O)(=O)c1ccccc1NCCN(C)C(C)C. The van der Waals surface area contributed by atoms with Crippen LogP contribution in [0.2, 0.25) is 0 Å². The number of benzene rings is 1. The number of nitrogens with zero attached hydrogens (tertiary/aromatic N) is 1. The number of rotatable bonds is 8. The first kappa shape index (κ1) is 16.9. The van der Waals surface area contributed by atoms with E-state index in [1.165, 1.54) is 0 Å². The van der Waals surface area contributed by atoms with Gasteiger partial charge >= 0.3 is 0 Å². The van der Waals surface area contributed by atoms with Gasteiger partial charge in [-0.1, -0.05) is 19.1 Å². The summed E-state index contributed by atoms with van der Waals surface area (Å²) >= 11 is 0. The largest absolute Gasteiger partial charge is 0.383 e. The molecular formula is C14H25N3O2S. The molecule has 1 rings (SSSR count). The molecule has 0 aromatic heterocycles. The highest BCUT2D eigenvalue weighted by molar-refractivity contribution is 7.89. The van der Waals surface area contributed by atoms with E-state index in [0.717, 1.165) is 6.54 Å². The van der Waals surface area contributed by atoms with Gasteiger partial charge < -0.3 is 10.2 Å². The Balaban J connectivity index is 2.77. The minimum absolute atomic E-state index is 0.300. The minimum Gasteiger partial charge on any atom is -0.383 e. The highest BCUT2D eigenvalue weighted by Crippen LogP contribution is 2.20. The summed E-state index contributed by atoms with van der Waals surface area (Å²) < 4.78 is 26.7. The van der Waals surface area contributed by atoms with E-state index in [-0.39, 0.29) is 0 Å². The molecule has 6 heteroatoms. The van der Waals surface area contributed by atoms with E-state index in [4.69, 9.17) is 0 Å². The van der Waals surface area contributed by atoms with Crippen LogP contribution >= 0.6 is 0 Å². The average Bonchev–Trinajstić information content (AvgIpc) is 2.38. The van der Waals surface area contributed by atoms with Crippen LogP contribution < -0.4 is 10.0 Å². The minimum atomic E-state index is -3.43. The third-order valence-corrected chi connectivity index (χ3v) is 4.78. The first-order valence-electron chi connectivity index (χ1n) is 6.91. The van der Waals surface area contributed by atoms with Crippen LogP contribution in [-0.2, 0) is 10.0 Å². The van der Waals surface area contributed by atoms with Crippen molar-refractivity contribution in [3.8, 4) is 0 Å². The maximum absolute atomic E-state index is 12.1. The van der Waals surface area contributed by atoms with Gasteiger partial charge in [0.2, 0.25) is 10.0 Å². The van der Waals surface area contributed by atoms with Crippen LogP contribution in [0.4, 0.5) is 5.69 Å². The second-order valence-corrected chi connectivity index (χ2v) is 6.73. The molecule has 0 fully saturated rings. The van der Waals surface area contributed by atoms with Crippen molar-refractivity contribution in [3.05, 3.63) is 24.3 Å². The monoisotopic (exact) mass is 299 g/mol. The van der Waals surface area contributed by atoms with Crippen molar-refractivity contribution in [2.75, 3.05) is 32.0 Å². The summed E-state index contributed by atoms with van der Waals surface area (Å²) in [5.41, 5.74) is 0.644. The lowest BCUT2D eigenvalue weighted by Crippen LogP contribution is -2.31. The quantitative estimate of drug-likeness (QED) is 0.767. The summed E-state index contributed by atoms with van der Waals surface area (Å²) in [6.45, 7) is 7.96. The van der Waals surface area contributed by atoms with Crippen LogP contribution in [0.3, 0.4) is 0 Å². The van der Waals surface area contributed by atoms with Crippen LogP contribution in [0.25, 0.3) is 0 Å². The number of sulfonamides is 1. The second kappa shape index (κ2) is 7.61. The van der Waals surface area contributed by atoms with E-state index in [9.17, 15) is 8.42 Å². The van der Waals surface area contributed by atoms with Crippen LogP contribution in [0.5, 0.6) is 0 Å². The molecule has 20 heavy (non-hydrogen) atoms. The molecule has 0 bridgehead atoms. The van der Waals surface area contributed by atoms with Gasteiger partial charge in [0.1, 0.15) is 4.90 Å². The Hall–Kier alpha value is -1.11. The lowest BCUT2D eigenvalue weighted by atomic mass is 10.3. The highest BCUT2D eigenvalue weighted by atomic mass is 32.2. The highest BCUT2D eigenvalue weighted by Gasteiger charge is 2.16. The molecule has 0 radical (unpaired) electrons. The van der Waals surface area contributed by atoms with Gasteiger partial charge in [-0.15, -0.1) is 0 Å². The normalized spacial score (nSPS) is 12.1. The van der Waals surface area contributed by atoms with Gasteiger partial charge in [0, 0.05) is 25.7 Å². The number of anilines is 1. The van der Waals surface area contributed by atoms with Crippen molar-refractivity contribution >= 4 is 15.7 Å². The number of hydrogen-bond donors (Lipinski definition) is 2. The van der Waals surface area contributed by atoms with Gasteiger partial charge in [-0.05, 0) is 33.0 Å². The van der Waals surface area contributed by atoms with Crippen LogP contribution in [-0.4, -0.2) is 46.0 Å². The lowest BCUT2D eigenvalue weighted by molar-refractivity contribution is 0.284. The third-order valence-electron chi connectivity index (χ3n) is 3.17. The molecule has 0 saturated carbocycles. The predicted octanol–water partition coefficient (Wildman–Crippen LogP) is 1.74. The summed E-state index contributed by atoms with van der Waals surface area (Å²) in [4.78, 5) is 2.50. The molecule has 114 valence electrons. The predicted molar refractivity (Wildman–Crippen MR) is 83.6 cm³/mol. The number of hydrogen-bond acceptors (Lipinski definition) is 4. The number of para-hydroxylation sites is 1. The van der Waals surface area contributed by atoms with E-state index in [0.29, 0.717) is 29.7 Å². The molecule has 0 aliphatic heterocycles. The number of nitrogens with one attached hydrogen (secondary N) is 2.